The molecule has 2 aromatic rings. The number of rotatable bonds is 14. The monoisotopic (exact) mass is 513 g/mol. The first kappa shape index (κ1) is 29.5. The summed E-state index contributed by atoms with van der Waals surface area (Å²) in [6, 6.07) is 12.6. The number of benzene rings is 2. The molecule has 0 fully saturated rings. The van der Waals surface area contributed by atoms with Crippen LogP contribution in [-0.2, 0) is 30.3 Å². The maximum absolute atomic E-state index is 12.5. The van der Waals surface area contributed by atoms with Crippen molar-refractivity contribution in [2.45, 2.75) is 65.0 Å². The number of carbonyl (C=O) groups excluding carboxylic acids is 4. The number of nitrogens with one attached hydrogen (secondary N) is 1. The Labute approximate surface area is 217 Å². The number of hydrogen-bond donors (Lipinski definition) is 1. The Morgan fingerprint density at radius 2 is 1.49 bits per heavy atom. The van der Waals surface area contributed by atoms with Crippen LogP contribution in [-0.4, -0.2) is 49.7 Å². The number of ether oxygens (including phenoxy) is 4. The predicted molar refractivity (Wildman–Crippen MR) is 136 cm³/mol. The van der Waals surface area contributed by atoms with Crippen molar-refractivity contribution in [3.8, 4) is 11.5 Å². The van der Waals surface area contributed by atoms with Crippen LogP contribution in [0.25, 0.3) is 0 Å². The number of hydrogen-bond acceptors (Lipinski definition) is 9. The van der Waals surface area contributed by atoms with E-state index < -0.39 is 36.0 Å². The van der Waals surface area contributed by atoms with Gasteiger partial charge in [-0.2, -0.15) is 0 Å². The molecule has 0 aliphatic carbocycles. The van der Waals surface area contributed by atoms with Crippen molar-refractivity contribution in [3.63, 3.8) is 0 Å². The lowest BCUT2D eigenvalue weighted by Gasteiger charge is -2.20. The molecular formula is C28H35NO8. The molecule has 1 N–H and O–H groups in total. The topological polar surface area (TPSA) is 117 Å². The van der Waals surface area contributed by atoms with Crippen LogP contribution < -0.4 is 14.8 Å². The molecule has 2 rings (SSSR count). The lowest BCUT2D eigenvalue weighted by Crippen LogP contribution is -2.43. The Bertz CT molecular complexity index is 1050. The molecule has 0 saturated heterocycles. The van der Waals surface area contributed by atoms with Gasteiger partial charge in [-0.15, -0.1) is 0 Å². The van der Waals surface area contributed by atoms with Gasteiger partial charge in [-0.3, -0.25) is 14.4 Å². The molecule has 0 heterocycles. The van der Waals surface area contributed by atoms with Crippen LogP contribution in [0.15, 0.2) is 48.5 Å². The molecule has 0 radical (unpaired) electrons. The van der Waals surface area contributed by atoms with Crippen LogP contribution in [0, 0.1) is 0 Å². The van der Waals surface area contributed by atoms with Crippen LogP contribution in [0.5, 0.6) is 11.5 Å². The van der Waals surface area contributed by atoms with Crippen molar-refractivity contribution >= 4 is 23.9 Å². The first-order valence-corrected chi connectivity index (χ1v) is 12.4. The van der Waals surface area contributed by atoms with Crippen molar-refractivity contribution in [2.75, 3.05) is 13.7 Å². The molecule has 0 aliphatic rings. The van der Waals surface area contributed by atoms with Crippen LogP contribution in [0.3, 0.4) is 0 Å². The van der Waals surface area contributed by atoms with E-state index in [0.717, 1.165) is 0 Å². The molecule has 0 bridgehead atoms. The molecule has 37 heavy (non-hydrogen) atoms. The third-order valence-corrected chi connectivity index (χ3v) is 5.26. The zero-order valence-electron chi connectivity index (χ0n) is 21.8. The van der Waals surface area contributed by atoms with E-state index in [0.29, 0.717) is 24.0 Å². The first-order valence-electron chi connectivity index (χ1n) is 12.4. The Morgan fingerprint density at radius 3 is 2.08 bits per heavy atom. The second-order valence-corrected chi connectivity index (χ2v) is 8.50. The van der Waals surface area contributed by atoms with E-state index in [1.165, 1.54) is 13.2 Å². The Balaban J connectivity index is 2.12. The van der Waals surface area contributed by atoms with Crippen LogP contribution in [0.4, 0.5) is 0 Å². The molecule has 9 nitrogen and oxygen atoms in total. The number of carbonyl (C=O) groups is 4. The van der Waals surface area contributed by atoms with E-state index in [-0.39, 0.29) is 37.3 Å². The van der Waals surface area contributed by atoms with Gasteiger partial charge >= 0.3 is 23.9 Å². The van der Waals surface area contributed by atoms with Gasteiger partial charge in [-0.25, -0.2) is 4.79 Å². The highest BCUT2D eigenvalue weighted by molar-refractivity contribution is 5.89. The Hall–Kier alpha value is -3.72. The third-order valence-electron chi connectivity index (χ3n) is 5.26. The van der Waals surface area contributed by atoms with E-state index in [2.05, 4.69) is 5.32 Å². The van der Waals surface area contributed by atoms with Gasteiger partial charge in [0.05, 0.1) is 12.7 Å². The summed E-state index contributed by atoms with van der Waals surface area (Å²) >= 11 is 0. The molecule has 200 valence electrons. The van der Waals surface area contributed by atoms with Gasteiger partial charge in [0.2, 0.25) is 0 Å². The molecule has 0 aliphatic heterocycles. The standard InChI is InChI=1S/C28H35NO8/c1-5-10-25(30)36-23-15-14-20(17-24(23)37-26(31)11-6-2)16-22(28(33)34-4)29-18-19(3)35-27(32)21-12-8-7-9-13-21/h7-9,12-15,17,19,22,29H,5-6,10-11,16,18H2,1-4H3/t19?,22-/m0/s1. The SMILES string of the molecule is CCCC(=O)Oc1ccc(C[C@H](NCC(C)OC(=O)c2ccccc2)C(=O)OC)cc1OC(=O)CCC. The normalized spacial score (nSPS) is 12.2. The largest absolute Gasteiger partial charge is 0.468 e. The molecule has 0 saturated carbocycles. The third kappa shape index (κ3) is 10.0. The van der Waals surface area contributed by atoms with Gasteiger partial charge in [-0.05, 0) is 56.0 Å². The first-order chi connectivity index (χ1) is 17.8. The van der Waals surface area contributed by atoms with Gasteiger partial charge in [0, 0.05) is 19.4 Å². The lowest BCUT2D eigenvalue weighted by atomic mass is 10.0. The van der Waals surface area contributed by atoms with Crippen molar-refractivity contribution in [1.82, 2.24) is 5.32 Å². The summed E-state index contributed by atoms with van der Waals surface area (Å²) in [5.41, 5.74) is 1.08. The fourth-order valence-corrected chi connectivity index (χ4v) is 3.39. The average molecular weight is 514 g/mol. The fraction of sp³-hybridized carbons (Fsp3) is 0.429. The molecule has 1 unspecified atom stereocenters. The number of esters is 4. The van der Waals surface area contributed by atoms with Crippen LogP contribution >= 0.6 is 0 Å². The Morgan fingerprint density at radius 1 is 0.865 bits per heavy atom. The number of methoxy groups -OCH3 is 1. The van der Waals surface area contributed by atoms with Gasteiger partial charge in [-0.1, -0.05) is 38.1 Å². The molecule has 0 spiro atoms. The summed E-state index contributed by atoms with van der Waals surface area (Å²) in [5.74, 6) is -1.62. The zero-order chi connectivity index (χ0) is 27.2. The second kappa shape index (κ2) is 15.4. The fourth-order valence-electron chi connectivity index (χ4n) is 3.39. The maximum Gasteiger partial charge on any atom is 0.338 e. The quantitative estimate of drug-likeness (QED) is 0.295. The molecule has 0 aromatic heterocycles. The minimum Gasteiger partial charge on any atom is -0.468 e. The molecule has 2 aromatic carbocycles. The van der Waals surface area contributed by atoms with Gasteiger partial charge in [0.1, 0.15) is 12.1 Å². The smallest absolute Gasteiger partial charge is 0.338 e. The van der Waals surface area contributed by atoms with E-state index in [1.807, 2.05) is 13.8 Å². The van der Waals surface area contributed by atoms with E-state index >= 15 is 0 Å². The van der Waals surface area contributed by atoms with Crippen molar-refractivity contribution in [3.05, 3.63) is 59.7 Å². The van der Waals surface area contributed by atoms with E-state index in [4.69, 9.17) is 18.9 Å². The summed E-state index contributed by atoms with van der Waals surface area (Å²) in [7, 11) is 1.28. The van der Waals surface area contributed by atoms with Crippen molar-refractivity contribution < 1.29 is 38.1 Å². The zero-order valence-corrected chi connectivity index (χ0v) is 21.8. The van der Waals surface area contributed by atoms with E-state index in [1.54, 1.807) is 49.4 Å². The minimum atomic E-state index is -0.768. The molecule has 0 amide bonds. The molecule has 9 heteroatoms. The van der Waals surface area contributed by atoms with Gasteiger partial charge in [0.15, 0.2) is 11.5 Å². The average Bonchev–Trinajstić information content (AvgIpc) is 2.88. The van der Waals surface area contributed by atoms with Crippen molar-refractivity contribution in [1.29, 1.82) is 0 Å². The Kier molecular flexibility index (Phi) is 12.3. The van der Waals surface area contributed by atoms with Crippen LogP contribution in [0.1, 0.15) is 62.4 Å². The molecule has 2 atom stereocenters. The maximum atomic E-state index is 12.5. The highest BCUT2D eigenvalue weighted by atomic mass is 16.6. The van der Waals surface area contributed by atoms with Gasteiger partial charge < -0.3 is 24.3 Å². The highest BCUT2D eigenvalue weighted by Gasteiger charge is 2.23. The minimum absolute atomic E-state index is 0.106. The summed E-state index contributed by atoms with van der Waals surface area (Å²) in [6.07, 6.45) is 1.32. The summed E-state index contributed by atoms with van der Waals surface area (Å²) in [5, 5.41) is 3.07. The predicted octanol–water partition coefficient (Wildman–Crippen LogP) is 4.02. The summed E-state index contributed by atoms with van der Waals surface area (Å²) in [4.78, 5) is 48.9. The van der Waals surface area contributed by atoms with Crippen molar-refractivity contribution in [2.24, 2.45) is 0 Å². The summed E-state index contributed by atoms with van der Waals surface area (Å²) in [6.45, 7) is 5.62. The van der Waals surface area contributed by atoms with Gasteiger partial charge in [0.25, 0.3) is 0 Å². The lowest BCUT2D eigenvalue weighted by molar-refractivity contribution is -0.143. The highest BCUT2D eigenvalue weighted by Crippen LogP contribution is 2.30. The van der Waals surface area contributed by atoms with E-state index in [9.17, 15) is 19.2 Å². The van der Waals surface area contributed by atoms with Crippen LogP contribution in [0.2, 0.25) is 0 Å². The summed E-state index contributed by atoms with van der Waals surface area (Å²) < 4.78 is 21.2. The molecular weight excluding hydrogens is 478 g/mol. The second-order valence-electron chi connectivity index (χ2n) is 8.50.